The van der Waals surface area contributed by atoms with Crippen LogP contribution >= 0.6 is 0 Å². The second-order valence-corrected chi connectivity index (χ2v) is 5.13. The van der Waals surface area contributed by atoms with E-state index in [-0.39, 0.29) is 23.9 Å². The number of fused-ring (bicyclic) bond motifs is 1. The Bertz CT molecular complexity index is 684. The average Bonchev–Trinajstić information content (AvgIpc) is 2.91. The van der Waals surface area contributed by atoms with Crippen LogP contribution in [0.3, 0.4) is 0 Å². The predicted molar refractivity (Wildman–Crippen MR) is 79.3 cm³/mol. The van der Waals surface area contributed by atoms with Gasteiger partial charge < -0.3 is 10.1 Å². The molecule has 1 aliphatic rings. The van der Waals surface area contributed by atoms with Crippen LogP contribution in [0.1, 0.15) is 17.0 Å². The van der Waals surface area contributed by atoms with Crippen molar-refractivity contribution in [3.63, 3.8) is 0 Å². The van der Waals surface area contributed by atoms with E-state index >= 15 is 0 Å². The fourth-order valence-corrected chi connectivity index (χ4v) is 2.72. The van der Waals surface area contributed by atoms with E-state index < -0.39 is 5.82 Å². The molecule has 0 fully saturated rings. The zero-order valence-electron chi connectivity index (χ0n) is 11.7. The third-order valence-electron chi connectivity index (χ3n) is 3.82. The van der Waals surface area contributed by atoms with Crippen LogP contribution in [0.15, 0.2) is 42.5 Å². The Morgan fingerprint density at radius 2 is 2.14 bits per heavy atom. The largest absolute Gasteiger partial charge is 0.494 e. The van der Waals surface area contributed by atoms with Gasteiger partial charge in [0.1, 0.15) is 5.78 Å². The van der Waals surface area contributed by atoms with Crippen LogP contribution < -0.4 is 10.1 Å². The zero-order chi connectivity index (χ0) is 14.8. The number of hydrogen-bond acceptors (Lipinski definition) is 3. The number of nitrogens with one attached hydrogen (secondary N) is 1. The number of anilines is 1. The molecular formula is C17H16FNO2. The number of halogens is 1. The number of para-hydroxylation sites is 1. The van der Waals surface area contributed by atoms with E-state index in [9.17, 15) is 9.18 Å². The van der Waals surface area contributed by atoms with Gasteiger partial charge in [0.15, 0.2) is 11.6 Å². The van der Waals surface area contributed by atoms with Gasteiger partial charge in [-0.05, 0) is 29.3 Å². The van der Waals surface area contributed by atoms with E-state index in [1.54, 1.807) is 12.1 Å². The molecular weight excluding hydrogens is 269 g/mol. The van der Waals surface area contributed by atoms with Crippen LogP contribution in [0.4, 0.5) is 10.1 Å². The van der Waals surface area contributed by atoms with Crippen molar-refractivity contribution in [3.8, 4) is 5.75 Å². The minimum Gasteiger partial charge on any atom is -0.494 e. The van der Waals surface area contributed by atoms with Gasteiger partial charge in [-0.2, -0.15) is 0 Å². The number of ether oxygens (including phenoxy) is 1. The minimum absolute atomic E-state index is 0.0945. The van der Waals surface area contributed by atoms with Gasteiger partial charge in [-0.1, -0.05) is 24.3 Å². The van der Waals surface area contributed by atoms with Gasteiger partial charge in [0.05, 0.1) is 13.0 Å². The molecule has 0 aliphatic carbocycles. The Morgan fingerprint density at radius 3 is 2.90 bits per heavy atom. The van der Waals surface area contributed by atoms with E-state index in [1.165, 1.54) is 13.2 Å². The van der Waals surface area contributed by atoms with Crippen molar-refractivity contribution in [2.24, 2.45) is 0 Å². The summed E-state index contributed by atoms with van der Waals surface area (Å²) in [5.74, 6) is -0.310. The Labute approximate surface area is 122 Å². The molecule has 0 aromatic heterocycles. The lowest BCUT2D eigenvalue weighted by Gasteiger charge is -2.10. The zero-order valence-corrected chi connectivity index (χ0v) is 11.7. The molecule has 1 aliphatic heterocycles. The van der Waals surface area contributed by atoms with E-state index in [0.717, 1.165) is 11.3 Å². The molecule has 2 aromatic rings. The second-order valence-electron chi connectivity index (χ2n) is 5.13. The number of carbonyl (C=O) groups excluding carboxylic acids is 1. The SMILES string of the molecule is COc1ccc(CC(=O)C2CNc3ccccc32)cc1F. The lowest BCUT2D eigenvalue weighted by atomic mass is 9.93. The Kier molecular flexibility index (Phi) is 3.60. The molecule has 3 nitrogen and oxygen atoms in total. The summed E-state index contributed by atoms with van der Waals surface area (Å²) in [7, 11) is 1.42. The number of Topliss-reactive ketones (excluding diaryl/α,β-unsaturated/α-hetero) is 1. The molecule has 0 saturated carbocycles. The summed E-state index contributed by atoms with van der Waals surface area (Å²) in [6, 6.07) is 12.5. The molecule has 4 heteroatoms. The molecule has 1 N–H and O–H groups in total. The lowest BCUT2D eigenvalue weighted by Crippen LogP contribution is -2.17. The van der Waals surface area contributed by atoms with Gasteiger partial charge in [-0.15, -0.1) is 0 Å². The fraction of sp³-hybridized carbons (Fsp3) is 0.235. The molecule has 21 heavy (non-hydrogen) atoms. The van der Waals surface area contributed by atoms with Gasteiger partial charge in [0, 0.05) is 18.7 Å². The first-order valence-electron chi connectivity index (χ1n) is 6.87. The molecule has 108 valence electrons. The van der Waals surface area contributed by atoms with Crippen molar-refractivity contribution < 1.29 is 13.9 Å². The van der Waals surface area contributed by atoms with E-state index in [2.05, 4.69) is 5.32 Å². The second kappa shape index (κ2) is 5.56. The lowest BCUT2D eigenvalue weighted by molar-refractivity contribution is -0.119. The van der Waals surface area contributed by atoms with Gasteiger partial charge in [0.2, 0.25) is 0 Å². The summed E-state index contributed by atoms with van der Waals surface area (Å²) in [6.45, 7) is 0.608. The Balaban J connectivity index is 1.77. The number of hydrogen-bond donors (Lipinski definition) is 1. The Hall–Kier alpha value is -2.36. The smallest absolute Gasteiger partial charge is 0.165 e. The number of benzene rings is 2. The van der Waals surface area contributed by atoms with Crippen molar-refractivity contribution in [2.75, 3.05) is 19.0 Å². The van der Waals surface area contributed by atoms with Gasteiger partial charge in [-0.25, -0.2) is 4.39 Å². The highest BCUT2D eigenvalue weighted by molar-refractivity contribution is 5.91. The van der Waals surface area contributed by atoms with Crippen molar-refractivity contribution in [1.29, 1.82) is 0 Å². The summed E-state index contributed by atoms with van der Waals surface area (Å²) in [5.41, 5.74) is 2.70. The molecule has 0 bridgehead atoms. The first kappa shape index (κ1) is 13.6. The monoisotopic (exact) mass is 285 g/mol. The maximum absolute atomic E-state index is 13.7. The topological polar surface area (TPSA) is 38.3 Å². The molecule has 1 atom stereocenters. The van der Waals surface area contributed by atoms with Gasteiger partial charge in [0.25, 0.3) is 0 Å². The predicted octanol–water partition coefficient (Wildman–Crippen LogP) is 3.16. The summed E-state index contributed by atoms with van der Waals surface area (Å²) in [4.78, 5) is 12.4. The number of methoxy groups -OCH3 is 1. The van der Waals surface area contributed by atoms with Crippen molar-refractivity contribution in [2.45, 2.75) is 12.3 Å². The van der Waals surface area contributed by atoms with Crippen molar-refractivity contribution >= 4 is 11.5 Å². The van der Waals surface area contributed by atoms with Crippen molar-refractivity contribution in [1.82, 2.24) is 0 Å². The molecule has 0 saturated heterocycles. The highest BCUT2D eigenvalue weighted by Crippen LogP contribution is 2.32. The van der Waals surface area contributed by atoms with Crippen molar-refractivity contribution in [3.05, 3.63) is 59.4 Å². The van der Waals surface area contributed by atoms with Crippen LogP contribution in [0.5, 0.6) is 5.75 Å². The number of carbonyl (C=O) groups is 1. The third-order valence-corrected chi connectivity index (χ3v) is 3.82. The highest BCUT2D eigenvalue weighted by Gasteiger charge is 2.27. The quantitative estimate of drug-likeness (QED) is 0.937. The van der Waals surface area contributed by atoms with E-state index in [4.69, 9.17) is 4.74 Å². The van der Waals surface area contributed by atoms with Crippen LogP contribution in [0.25, 0.3) is 0 Å². The first-order chi connectivity index (χ1) is 10.2. The maximum atomic E-state index is 13.7. The number of rotatable bonds is 4. The van der Waals surface area contributed by atoms with Gasteiger partial charge in [-0.3, -0.25) is 4.79 Å². The summed E-state index contributed by atoms with van der Waals surface area (Å²) < 4.78 is 18.5. The number of ketones is 1. The molecule has 0 amide bonds. The van der Waals surface area contributed by atoms with Crippen LogP contribution in [-0.4, -0.2) is 19.4 Å². The highest BCUT2D eigenvalue weighted by atomic mass is 19.1. The molecule has 2 aromatic carbocycles. The Morgan fingerprint density at radius 1 is 1.33 bits per heavy atom. The summed E-state index contributed by atoms with van der Waals surface area (Å²) in [6.07, 6.45) is 0.224. The first-order valence-corrected chi connectivity index (χ1v) is 6.87. The molecule has 0 spiro atoms. The summed E-state index contributed by atoms with van der Waals surface area (Å²) >= 11 is 0. The molecule has 3 rings (SSSR count). The van der Waals surface area contributed by atoms with Crippen LogP contribution in [0, 0.1) is 5.82 Å². The fourth-order valence-electron chi connectivity index (χ4n) is 2.72. The molecule has 1 unspecified atom stereocenters. The van der Waals surface area contributed by atoms with Crippen LogP contribution in [-0.2, 0) is 11.2 Å². The maximum Gasteiger partial charge on any atom is 0.165 e. The summed E-state index contributed by atoms with van der Waals surface area (Å²) in [5, 5.41) is 3.23. The normalized spacial score (nSPS) is 16.2. The van der Waals surface area contributed by atoms with Crippen LogP contribution in [0.2, 0.25) is 0 Å². The van der Waals surface area contributed by atoms with E-state index in [0.29, 0.717) is 12.1 Å². The average molecular weight is 285 g/mol. The van der Waals surface area contributed by atoms with Gasteiger partial charge >= 0.3 is 0 Å². The van der Waals surface area contributed by atoms with E-state index in [1.807, 2.05) is 24.3 Å². The third kappa shape index (κ3) is 2.61. The molecule has 0 radical (unpaired) electrons. The standard InChI is InChI=1S/C17H16FNO2/c1-21-17-7-6-11(8-14(17)18)9-16(20)13-10-19-15-5-3-2-4-12(13)15/h2-8,13,19H,9-10H2,1H3. The minimum atomic E-state index is -0.437. The molecule has 1 heterocycles.